The number of rotatable bonds is 4. The summed E-state index contributed by atoms with van der Waals surface area (Å²) in [4.78, 5) is 0. The standard InChI is InChI=1S/C9H12Cl2N2O/c10-7-2-1-3-8(9(7)11)13-5-6(14)4-12/h1-3,6,13-14H,4-5,12H2. The van der Waals surface area contributed by atoms with Gasteiger partial charge in [-0.25, -0.2) is 0 Å². The Morgan fingerprint density at radius 3 is 2.79 bits per heavy atom. The van der Waals surface area contributed by atoms with Crippen molar-refractivity contribution in [3.05, 3.63) is 28.2 Å². The molecule has 0 spiro atoms. The largest absolute Gasteiger partial charge is 0.390 e. The van der Waals surface area contributed by atoms with Gasteiger partial charge in [0.15, 0.2) is 0 Å². The van der Waals surface area contributed by atoms with Gasteiger partial charge in [0.2, 0.25) is 0 Å². The molecule has 1 aromatic rings. The van der Waals surface area contributed by atoms with Crippen LogP contribution in [0.1, 0.15) is 0 Å². The van der Waals surface area contributed by atoms with E-state index in [1.807, 2.05) is 0 Å². The first-order chi connectivity index (χ1) is 6.65. The van der Waals surface area contributed by atoms with Gasteiger partial charge in [-0.3, -0.25) is 0 Å². The van der Waals surface area contributed by atoms with E-state index in [4.69, 9.17) is 28.9 Å². The SMILES string of the molecule is NCC(O)CNc1cccc(Cl)c1Cl. The summed E-state index contributed by atoms with van der Waals surface area (Å²) in [6, 6.07) is 5.28. The Kier molecular flexibility index (Phi) is 4.48. The van der Waals surface area contributed by atoms with Crippen molar-refractivity contribution in [3.63, 3.8) is 0 Å². The van der Waals surface area contributed by atoms with Crippen LogP contribution in [0.5, 0.6) is 0 Å². The minimum Gasteiger partial charge on any atom is -0.390 e. The Morgan fingerprint density at radius 1 is 1.43 bits per heavy atom. The van der Waals surface area contributed by atoms with E-state index in [2.05, 4.69) is 5.32 Å². The Labute approximate surface area is 92.8 Å². The number of anilines is 1. The van der Waals surface area contributed by atoms with Crippen LogP contribution < -0.4 is 11.1 Å². The molecule has 0 aromatic heterocycles. The van der Waals surface area contributed by atoms with E-state index >= 15 is 0 Å². The molecule has 0 aliphatic carbocycles. The van der Waals surface area contributed by atoms with Gasteiger partial charge in [0.25, 0.3) is 0 Å². The van der Waals surface area contributed by atoms with E-state index in [0.717, 1.165) is 0 Å². The summed E-state index contributed by atoms with van der Waals surface area (Å²) in [5, 5.41) is 13.1. The summed E-state index contributed by atoms with van der Waals surface area (Å²) in [7, 11) is 0. The summed E-state index contributed by atoms with van der Waals surface area (Å²) in [5.74, 6) is 0. The van der Waals surface area contributed by atoms with Crippen molar-refractivity contribution >= 4 is 28.9 Å². The Balaban J connectivity index is 2.63. The first kappa shape index (κ1) is 11.6. The highest BCUT2D eigenvalue weighted by Gasteiger charge is 2.05. The van der Waals surface area contributed by atoms with E-state index in [1.54, 1.807) is 18.2 Å². The minimum absolute atomic E-state index is 0.213. The molecule has 0 bridgehead atoms. The van der Waals surface area contributed by atoms with Crippen molar-refractivity contribution in [1.29, 1.82) is 0 Å². The maximum Gasteiger partial charge on any atom is 0.0834 e. The number of nitrogens with two attached hydrogens (primary N) is 1. The van der Waals surface area contributed by atoms with Crippen LogP contribution in [-0.4, -0.2) is 24.3 Å². The molecule has 4 N–H and O–H groups in total. The zero-order valence-corrected chi connectivity index (χ0v) is 9.02. The molecule has 0 amide bonds. The van der Waals surface area contributed by atoms with Gasteiger partial charge in [-0.2, -0.15) is 0 Å². The number of hydrogen-bond acceptors (Lipinski definition) is 3. The van der Waals surface area contributed by atoms with Gasteiger partial charge in [0.1, 0.15) is 0 Å². The molecule has 3 nitrogen and oxygen atoms in total. The molecule has 0 fully saturated rings. The predicted octanol–water partition coefficient (Wildman–Crippen LogP) is 1.72. The van der Waals surface area contributed by atoms with Crippen LogP contribution in [0.25, 0.3) is 0 Å². The van der Waals surface area contributed by atoms with Gasteiger partial charge in [-0.05, 0) is 12.1 Å². The molecule has 0 aliphatic heterocycles. The number of halogens is 2. The van der Waals surface area contributed by atoms with E-state index < -0.39 is 6.10 Å². The summed E-state index contributed by atoms with van der Waals surface area (Å²) in [5.41, 5.74) is 5.96. The molecule has 0 saturated carbocycles. The second-order valence-electron chi connectivity index (χ2n) is 2.87. The van der Waals surface area contributed by atoms with Crippen LogP contribution in [0.2, 0.25) is 10.0 Å². The van der Waals surface area contributed by atoms with E-state index in [0.29, 0.717) is 22.3 Å². The van der Waals surface area contributed by atoms with Crippen molar-refractivity contribution in [2.24, 2.45) is 5.73 Å². The van der Waals surface area contributed by atoms with Gasteiger partial charge in [0.05, 0.1) is 21.8 Å². The molecule has 0 heterocycles. The second-order valence-corrected chi connectivity index (χ2v) is 3.66. The Bertz CT molecular complexity index is 307. The maximum atomic E-state index is 9.22. The molecule has 0 radical (unpaired) electrons. The van der Waals surface area contributed by atoms with Gasteiger partial charge in [-0.15, -0.1) is 0 Å². The van der Waals surface area contributed by atoms with Crippen molar-refractivity contribution in [3.8, 4) is 0 Å². The van der Waals surface area contributed by atoms with Gasteiger partial charge in [0, 0.05) is 13.1 Å². The first-order valence-corrected chi connectivity index (χ1v) is 4.96. The third-order valence-corrected chi connectivity index (χ3v) is 2.57. The first-order valence-electron chi connectivity index (χ1n) is 4.21. The zero-order valence-electron chi connectivity index (χ0n) is 7.50. The van der Waals surface area contributed by atoms with Crippen molar-refractivity contribution in [2.45, 2.75) is 6.10 Å². The number of aliphatic hydroxyl groups is 1. The molecule has 0 saturated heterocycles. The van der Waals surface area contributed by atoms with Crippen LogP contribution in [0.15, 0.2) is 18.2 Å². The number of benzene rings is 1. The number of aliphatic hydroxyl groups excluding tert-OH is 1. The van der Waals surface area contributed by atoms with E-state index in [9.17, 15) is 5.11 Å². The zero-order chi connectivity index (χ0) is 10.6. The molecule has 78 valence electrons. The maximum absolute atomic E-state index is 9.22. The summed E-state index contributed by atoms with van der Waals surface area (Å²) in [6.07, 6.45) is -0.579. The van der Waals surface area contributed by atoms with Crippen LogP contribution in [-0.2, 0) is 0 Å². The molecule has 0 aliphatic rings. The fourth-order valence-corrected chi connectivity index (χ4v) is 1.32. The second kappa shape index (κ2) is 5.41. The molecule has 1 unspecified atom stereocenters. The molecular weight excluding hydrogens is 223 g/mol. The molecule has 14 heavy (non-hydrogen) atoms. The highest BCUT2D eigenvalue weighted by Crippen LogP contribution is 2.29. The lowest BCUT2D eigenvalue weighted by Gasteiger charge is -2.12. The third-order valence-electron chi connectivity index (χ3n) is 1.75. The quantitative estimate of drug-likeness (QED) is 0.744. The lowest BCUT2D eigenvalue weighted by Crippen LogP contribution is -2.27. The molecular formula is C9H12Cl2N2O. The monoisotopic (exact) mass is 234 g/mol. The fraction of sp³-hybridized carbons (Fsp3) is 0.333. The number of nitrogens with one attached hydrogen (secondary N) is 1. The van der Waals surface area contributed by atoms with Crippen molar-refractivity contribution in [1.82, 2.24) is 0 Å². The lowest BCUT2D eigenvalue weighted by molar-refractivity contribution is 0.196. The molecule has 1 rings (SSSR count). The van der Waals surface area contributed by atoms with Crippen molar-refractivity contribution in [2.75, 3.05) is 18.4 Å². The minimum atomic E-state index is -0.579. The summed E-state index contributed by atoms with van der Waals surface area (Å²) >= 11 is 11.7. The average Bonchev–Trinajstić information content (AvgIpc) is 2.20. The lowest BCUT2D eigenvalue weighted by atomic mass is 10.3. The van der Waals surface area contributed by atoms with E-state index in [1.165, 1.54) is 0 Å². The smallest absolute Gasteiger partial charge is 0.0834 e. The van der Waals surface area contributed by atoms with Gasteiger partial charge >= 0.3 is 0 Å². The van der Waals surface area contributed by atoms with Gasteiger partial charge < -0.3 is 16.2 Å². The Morgan fingerprint density at radius 2 is 2.14 bits per heavy atom. The van der Waals surface area contributed by atoms with E-state index in [-0.39, 0.29) is 6.54 Å². The van der Waals surface area contributed by atoms with Crippen LogP contribution in [0.3, 0.4) is 0 Å². The highest BCUT2D eigenvalue weighted by molar-refractivity contribution is 6.43. The third kappa shape index (κ3) is 3.03. The molecule has 1 atom stereocenters. The number of hydrogen-bond donors (Lipinski definition) is 3. The average molecular weight is 235 g/mol. The molecule has 1 aromatic carbocycles. The van der Waals surface area contributed by atoms with Crippen LogP contribution in [0, 0.1) is 0 Å². The Hall–Kier alpha value is -0.480. The predicted molar refractivity (Wildman–Crippen MR) is 60.0 cm³/mol. The topological polar surface area (TPSA) is 58.3 Å². The van der Waals surface area contributed by atoms with Crippen LogP contribution >= 0.6 is 23.2 Å². The molecule has 5 heteroatoms. The van der Waals surface area contributed by atoms with Gasteiger partial charge in [-0.1, -0.05) is 29.3 Å². The fourth-order valence-electron chi connectivity index (χ4n) is 0.951. The van der Waals surface area contributed by atoms with Crippen molar-refractivity contribution < 1.29 is 5.11 Å². The van der Waals surface area contributed by atoms with Crippen LogP contribution in [0.4, 0.5) is 5.69 Å². The normalized spacial score (nSPS) is 12.6. The summed E-state index contributed by atoms with van der Waals surface area (Å²) < 4.78 is 0. The summed E-state index contributed by atoms with van der Waals surface area (Å²) in [6.45, 7) is 0.571. The highest BCUT2D eigenvalue weighted by atomic mass is 35.5.